The molecule has 0 saturated carbocycles. The van der Waals surface area contributed by atoms with Crippen LogP contribution in [0.5, 0.6) is 0 Å². The predicted octanol–water partition coefficient (Wildman–Crippen LogP) is 4.95. The van der Waals surface area contributed by atoms with Crippen LogP contribution >= 0.6 is 0 Å². The van der Waals surface area contributed by atoms with Crippen LogP contribution in [0.3, 0.4) is 0 Å². The Balaban J connectivity index is 1.81. The van der Waals surface area contributed by atoms with E-state index in [4.69, 9.17) is 0 Å². The summed E-state index contributed by atoms with van der Waals surface area (Å²) >= 11 is 0. The number of nitrogens with one attached hydrogen (secondary N) is 1. The van der Waals surface area contributed by atoms with Gasteiger partial charge in [-0.25, -0.2) is 0 Å². The van der Waals surface area contributed by atoms with Crippen LogP contribution in [0.15, 0.2) is 84.1 Å². The Hall–Kier alpha value is -2.43. The van der Waals surface area contributed by atoms with Gasteiger partial charge in [0.1, 0.15) is 0 Å². The van der Waals surface area contributed by atoms with Crippen molar-refractivity contribution in [1.29, 1.82) is 0 Å². The Kier molecular flexibility index (Phi) is 9.28. The van der Waals surface area contributed by atoms with E-state index in [0.29, 0.717) is 0 Å². The molecule has 0 aromatic heterocycles. The molecule has 7 atom stereocenters. The SMILES string of the molecule is CCC/C=C/C=C/C[C@@H]1C[C@@H]2/C=C/C(C)=C/[C@@H]3C=C[C@H](O)[C@H](O)[C@H]3/C(C)=C/C=C/[C@H]2C(=O)N1. The van der Waals surface area contributed by atoms with Crippen molar-refractivity contribution < 1.29 is 15.0 Å². The first kappa shape index (κ1) is 25.2. The fourth-order valence-corrected chi connectivity index (χ4v) is 4.99. The lowest BCUT2D eigenvalue weighted by Gasteiger charge is -2.35. The molecule has 1 amide bonds. The molecule has 1 fully saturated rings. The summed E-state index contributed by atoms with van der Waals surface area (Å²) in [5.41, 5.74) is 2.09. The average Bonchev–Trinajstić information content (AvgIpc) is 2.78. The second kappa shape index (κ2) is 12.2. The van der Waals surface area contributed by atoms with E-state index < -0.39 is 12.2 Å². The van der Waals surface area contributed by atoms with Gasteiger partial charge in [-0.3, -0.25) is 4.79 Å². The molecule has 2 aliphatic carbocycles. The van der Waals surface area contributed by atoms with E-state index in [1.54, 1.807) is 6.08 Å². The third-order valence-electron chi connectivity index (χ3n) is 6.85. The number of fused-ring (bicyclic) bond motifs is 2. The summed E-state index contributed by atoms with van der Waals surface area (Å²) in [5, 5.41) is 24.0. The molecule has 33 heavy (non-hydrogen) atoms. The van der Waals surface area contributed by atoms with Crippen LogP contribution in [-0.4, -0.2) is 34.4 Å². The third-order valence-corrected chi connectivity index (χ3v) is 6.85. The summed E-state index contributed by atoms with van der Waals surface area (Å²) in [6.07, 6.45) is 26.7. The Morgan fingerprint density at radius 2 is 1.88 bits per heavy atom. The van der Waals surface area contributed by atoms with Gasteiger partial charge in [0.05, 0.1) is 18.1 Å². The summed E-state index contributed by atoms with van der Waals surface area (Å²) in [7, 11) is 0. The molecule has 0 radical (unpaired) electrons. The Morgan fingerprint density at radius 3 is 2.67 bits per heavy atom. The normalized spacial score (nSPS) is 39.9. The number of aliphatic hydroxyl groups excluding tert-OH is 2. The molecule has 3 rings (SSSR count). The van der Waals surface area contributed by atoms with Crippen molar-refractivity contribution >= 4 is 5.91 Å². The maximum absolute atomic E-state index is 13.0. The number of rotatable bonds is 5. The predicted molar refractivity (Wildman–Crippen MR) is 135 cm³/mol. The third kappa shape index (κ3) is 6.78. The van der Waals surface area contributed by atoms with Crippen molar-refractivity contribution in [2.75, 3.05) is 0 Å². The molecule has 1 heterocycles. The largest absolute Gasteiger partial charge is 0.389 e. The molecular formula is C29H39NO3. The van der Waals surface area contributed by atoms with E-state index >= 15 is 0 Å². The smallest absolute Gasteiger partial charge is 0.227 e. The van der Waals surface area contributed by atoms with Crippen LogP contribution in [0.1, 0.15) is 46.5 Å². The Labute approximate surface area is 198 Å². The van der Waals surface area contributed by atoms with Gasteiger partial charge in [-0.15, -0.1) is 0 Å². The molecule has 3 aliphatic rings. The van der Waals surface area contributed by atoms with Gasteiger partial charge in [0, 0.05) is 17.9 Å². The molecule has 0 aromatic rings. The van der Waals surface area contributed by atoms with Crippen LogP contribution in [0.25, 0.3) is 0 Å². The van der Waals surface area contributed by atoms with E-state index in [9.17, 15) is 15.0 Å². The minimum atomic E-state index is -0.864. The minimum absolute atomic E-state index is 0.0150. The van der Waals surface area contributed by atoms with Crippen molar-refractivity contribution in [2.45, 2.75) is 64.7 Å². The van der Waals surface area contributed by atoms with Crippen LogP contribution in [-0.2, 0) is 4.79 Å². The van der Waals surface area contributed by atoms with Gasteiger partial charge in [-0.1, -0.05) is 97.4 Å². The molecule has 0 bridgehead atoms. The molecule has 0 aromatic carbocycles. The zero-order valence-electron chi connectivity index (χ0n) is 20.1. The van der Waals surface area contributed by atoms with Gasteiger partial charge in [-0.05, 0) is 39.0 Å². The first-order chi connectivity index (χ1) is 15.9. The summed E-state index contributed by atoms with van der Waals surface area (Å²) in [5.74, 6) is -0.215. The van der Waals surface area contributed by atoms with Crippen molar-refractivity contribution in [1.82, 2.24) is 5.32 Å². The molecular weight excluding hydrogens is 410 g/mol. The monoisotopic (exact) mass is 449 g/mol. The highest BCUT2D eigenvalue weighted by Gasteiger charge is 2.35. The molecule has 0 unspecified atom stereocenters. The van der Waals surface area contributed by atoms with Gasteiger partial charge in [0.2, 0.25) is 5.91 Å². The number of piperidine rings is 1. The fourth-order valence-electron chi connectivity index (χ4n) is 4.99. The molecule has 4 heteroatoms. The van der Waals surface area contributed by atoms with Gasteiger partial charge in [-0.2, -0.15) is 0 Å². The number of carbonyl (C=O) groups excluding carboxylic acids is 1. The van der Waals surface area contributed by atoms with Gasteiger partial charge in [0.25, 0.3) is 0 Å². The summed E-state index contributed by atoms with van der Waals surface area (Å²) in [6.45, 7) is 6.21. The first-order valence-electron chi connectivity index (χ1n) is 12.3. The second-order valence-electron chi connectivity index (χ2n) is 9.55. The highest BCUT2D eigenvalue weighted by atomic mass is 16.3. The number of aliphatic hydroxyl groups is 2. The summed E-state index contributed by atoms with van der Waals surface area (Å²) in [6, 6.07) is 0.129. The van der Waals surface area contributed by atoms with Gasteiger partial charge < -0.3 is 15.5 Å². The van der Waals surface area contributed by atoms with E-state index in [1.807, 2.05) is 31.2 Å². The highest BCUT2D eigenvalue weighted by molar-refractivity contribution is 5.82. The number of carbonyl (C=O) groups is 1. The molecule has 1 saturated heterocycles. The highest BCUT2D eigenvalue weighted by Crippen LogP contribution is 2.34. The number of hydrogen-bond donors (Lipinski definition) is 3. The zero-order chi connectivity index (χ0) is 23.8. The van der Waals surface area contributed by atoms with E-state index in [0.717, 1.165) is 36.8 Å². The quantitative estimate of drug-likeness (QED) is 0.411. The lowest BCUT2D eigenvalue weighted by Crippen LogP contribution is -2.47. The van der Waals surface area contributed by atoms with E-state index in [-0.39, 0.29) is 35.6 Å². The van der Waals surface area contributed by atoms with E-state index in [1.165, 1.54) is 0 Å². The average molecular weight is 450 g/mol. The van der Waals surface area contributed by atoms with Crippen molar-refractivity contribution in [3.63, 3.8) is 0 Å². The van der Waals surface area contributed by atoms with Crippen molar-refractivity contribution in [3.8, 4) is 0 Å². The molecule has 1 aliphatic heterocycles. The van der Waals surface area contributed by atoms with Gasteiger partial charge >= 0.3 is 0 Å². The summed E-state index contributed by atoms with van der Waals surface area (Å²) in [4.78, 5) is 13.0. The zero-order valence-corrected chi connectivity index (χ0v) is 20.1. The topological polar surface area (TPSA) is 69.6 Å². The van der Waals surface area contributed by atoms with Crippen LogP contribution in [0.2, 0.25) is 0 Å². The number of allylic oxidation sites excluding steroid dienone is 10. The van der Waals surface area contributed by atoms with E-state index in [2.05, 4.69) is 61.7 Å². The summed E-state index contributed by atoms with van der Waals surface area (Å²) < 4.78 is 0. The minimum Gasteiger partial charge on any atom is -0.389 e. The Bertz CT molecular complexity index is 889. The fraction of sp³-hybridized carbons (Fsp3) is 0.483. The molecule has 178 valence electrons. The Morgan fingerprint density at radius 1 is 1.09 bits per heavy atom. The molecule has 3 N–H and O–H groups in total. The maximum Gasteiger partial charge on any atom is 0.227 e. The number of unbranched alkanes of at least 4 members (excludes halogenated alkanes) is 1. The second-order valence-corrected chi connectivity index (χ2v) is 9.55. The standard InChI is InChI=1S/C29H39NO3/c1-4-5-6-7-8-9-12-24-19-22-15-14-20(2)18-23-16-17-26(31)28(32)27(23)21(3)11-10-13-25(22)29(33)30-24/h6-11,13-18,22-28,31-32H,4-5,12,19H2,1-3H3,(H,30,33)/b7-6+,9-8+,13-10+,15-14+,20-18+,21-11+/t22-,23-,24+,25+,26-,27-,28-/m0/s1. The number of hydrogen-bond acceptors (Lipinski definition) is 3. The lowest BCUT2D eigenvalue weighted by molar-refractivity contribution is -0.127. The maximum atomic E-state index is 13.0. The van der Waals surface area contributed by atoms with Crippen molar-refractivity contribution in [2.24, 2.45) is 23.7 Å². The first-order valence-corrected chi connectivity index (χ1v) is 12.3. The van der Waals surface area contributed by atoms with Crippen LogP contribution in [0, 0.1) is 23.7 Å². The lowest BCUT2D eigenvalue weighted by atomic mass is 9.75. The van der Waals surface area contributed by atoms with Crippen LogP contribution < -0.4 is 5.32 Å². The molecule has 4 nitrogen and oxygen atoms in total. The molecule has 0 spiro atoms. The number of amides is 1. The van der Waals surface area contributed by atoms with Crippen molar-refractivity contribution in [3.05, 3.63) is 84.1 Å². The van der Waals surface area contributed by atoms with Crippen LogP contribution in [0.4, 0.5) is 0 Å². The van der Waals surface area contributed by atoms with Gasteiger partial charge in [0.15, 0.2) is 0 Å².